The highest BCUT2D eigenvalue weighted by molar-refractivity contribution is 7.09. The Balaban J connectivity index is 2.11. The highest BCUT2D eigenvalue weighted by atomic mass is 35.5. The zero-order valence-electron chi connectivity index (χ0n) is 10.4. The quantitative estimate of drug-likeness (QED) is 0.908. The van der Waals surface area contributed by atoms with Gasteiger partial charge in [-0.3, -0.25) is 0 Å². The Morgan fingerprint density at radius 3 is 2.78 bits per heavy atom. The standard InChI is InChI=1S/C14H17ClN2S/c1-17(10-13-3-2-8-18-13)12-5-4-11(6-7-16)14(15)9-12/h2-5,8-9H,6-7,10,16H2,1H3. The Hall–Kier alpha value is -1.03. The van der Waals surface area contributed by atoms with Gasteiger partial charge in [0, 0.05) is 22.6 Å². The second-order valence-electron chi connectivity index (χ2n) is 4.25. The third-order valence-electron chi connectivity index (χ3n) is 2.86. The van der Waals surface area contributed by atoms with Gasteiger partial charge in [0.25, 0.3) is 0 Å². The SMILES string of the molecule is CN(Cc1cccs1)c1ccc(CCN)c(Cl)c1. The van der Waals surface area contributed by atoms with Crippen molar-refractivity contribution >= 4 is 28.6 Å². The van der Waals surface area contributed by atoms with Gasteiger partial charge in [0.2, 0.25) is 0 Å². The first kappa shape index (κ1) is 13.4. The van der Waals surface area contributed by atoms with E-state index in [1.807, 2.05) is 6.07 Å². The van der Waals surface area contributed by atoms with Crippen LogP contribution in [0.5, 0.6) is 0 Å². The van der Waals surface area contributed by atoms with E-state index >= 15 is 0 Å². The van der Waals surface area contributed by atoms with Crippen LogP contribution in [0, 0.1) is 0 Å². The lowest BCUT2D eigenvalue weighted by atomic mass is 10.1. The van der Waals surface area contributed by atoms with Crippen molar-refractivity contribution in [2.75, 3.05) is 18.5 Å². The summed E-state index contributed by atoms with van der Waals surface area (Å²) >= 11 is 8.02. The first-order valence-electron chi connectivity index (χ1n) is 5.92. The van der Waals surface area contributed by atoms with Crippen molar-refractivity contribution < 1.29 is 0 Å². The average molecular weight is 281 g/mol. The topological polar surface area (TPSA) is 29.3 Å². The van der Waals surface area contributed by atoms with E-state index in [1.165, 1.54) is 4.88 Å². The zero-order chi connectivity index (χ0) is 13.0. The predicted molar refractivity (Wildman–Crippen MR) is 80.6 cm³/mol. The average Bonchev–Trinajstić information content (AvgIpc) is 2.84. The van der Waals surface area contributed by atoms with Crippen LogP contribution >= 0.6 is 22.9 Å². The van der Waals surface area contributed by atoms with Gasteiger partial charge >= 0.3 is 0 Å². The molecule has 96 valence electrons. The molecular weight excluding hydrogens is 264 g/mol. The molecule has 0 aliphatic carbocycles. The molecule has 0 radical (unpaired) electrons. The van der Waals surface area contributed by atoms with Gasteiger partial charge in [0.15, 0.2) is 0 Å². The Labute approximate surface area is 117 Å². The van der Waals surface area contributed by atoms with Crippen LogP contribution in [0.25, 0.3) is 0 Å². The second-order valence-corrected chi connectivity index (χ2v) is 5.69. The third kappa shape index (κ3) is 3.25. The highest BCUT2D eigenvalue weighted by Crippen LogP contribution is 2.25. The van der Waals surface area contributed by atoms with Gasteiger partial charge in [-0.05, 0) is 42.1 Å². The molecule has 2 rings (SSSR count). The van der Waals surface area contributed by atoms with Crippen molar-refractivity contribution in [1.82, 2.24) is 0 Å². The highest BCUT2D eigenvalue weighted by Gasteiger charge is 2.06. The van der Waals surface area contributed by atoms with Gasteiger partial charge in [-0.15, -0.1) is 11.3 Å². The van der Waals surface area contributed by atoms with Crippen LogP contribution in [0.1, 0.15) is 10.4 Å². The van der Waals surface area contributed by atoms with Gasteiger partial charge < -0.3 is 10.6 Å². The molecule has 0 fully saturated rings. The first-order chi connectivity index (χ1) is 8.70. The smallest absolute Gasteiger partial charge is 0.0519 e. The summed E-state index contributed by atoms with van der Waals surface area (Å²) in [6.07, 6.45) is 0.827. The minimum atomic E-state index is 0.629. The number of thiophene rings is 1. The van der Waals surface area contributed by atoms with Crippen molar-refractivity contribution in [2.24, 2.45) is 5.73 Å². The predicted octanol–water partition coefficient (Wildman–Crippen LogP) is 3.54. The molecule has 0 saturated heterocycles. The maximum Gasteiger partial charge on any atom is 0.0519 e. The van der Waals surface area contributed by atoms with Gasteiger partial charge in [0.05, 0.1) is 6.54 Å². The van der Waals surface area contributed by atoms with Crippen molar-refractivity contribution in [3.05, 3.63) is 51.2 Å². The molecule has 0 saturated carbocycles. The molecule has 0 atom stereocenters. The molecule has 2 aromatic rings. The van der Waals surface area contributed by atoms with Crippen molar-refractivity contribution in [3.63, 3.8) is 0 Å². The maximum absolute atomic E-state index is 6.25. The zero-order valence-corrected chi connectivity index (χ0v) is 12.0. The number of nitrogens with two attached hydrogens (primary N) is 1. The summed E-state index contributed by atoms with van der Waals surface area (Å²) < 4.78 is 0. The molecule has 2 N–H and O–H groups in total. The molecule has 0 unspecified atom stereocenters. The van der Waals surface area contributed by atoms with Crippen molar-refractivity contribution in [2.45, 2.75) is 13.0 Å². The molecule has 0 aliphatic rings. The Morgan fingerprint density at radius 1 is 1.33 bits per heavy atom. The van der Waals surface area contributed by atoms with Crippen LogP contribution in [0.15, 0.2) is 35.7 Å². The maximum atomic E-state index is 6.25. The molecule has 0 spiro atoms. The molecule has 1 aromatic carbocycles. The normalized spacial score (nSPS) is 10.6. The largest absolute Gasteiger partial charge is 0.369 e. The molecule has 1 heterocycles. The second kappa shape index (κ2) is 6.23. The van der Waals surface area contributed by atoms with E-state index in [4.69, 9.17) is 17.3 Å². The van der Waals surface area contributed by atoms with E-state index in [9.17, 15) is 0 Å². The number of hydrogen-bond donors (Lipinski definition) is 1. The minimum Gasteiger partial charge on any atom is -0.369 e. The number of nitrogens with zero attached hydrogens (tertiary/aromatic N) is 1. The third-order valence-corrected chi connectivity index (χ3v) is 4.08. The summed E-state index contributed by atoms with van der Waals surface area (Å²) in [4.78, 5) is 3.55. The lowest BCUT2D eigenvalue weighted by Gasteiger charge is -2.19. The van der Waals surface area contributed by atoms with Crippen LogP contribution in [0.4, 0.5) is 5.69 Å². The van der Waals surface area contributed by atoms with Crippen LogP contribution in [-0.2, 0) is 13.0 Å². The summed E-state index contributed by atoms with van der Waals surface area (Å²) in [5, 5.41) is 2.90. The van der Waals surface area contributed by atoms with Crippen LogP contribution in [0.3, 0.4) is 0 Å². The van der Waals surface area contributed by atoms with Crippen molar-refractivity contribution in [3.8, 4) is 0 Å². The van der Waals surface area contributed by atoms with Gasteiger partial charge in [0.1, 0.15) is 0 Å². The van der Waals surface area contributed by atoms with Crippen LogP contribution in [-0.4, -0.2) is 13.6 Å². The van der Waals surface area contributed by atoms with E-state index in [-0.39, 0.29) is 0 Å². The number of anilines is 1. The number of benzene rings is 1. The number of hydrogen-bond acceptors (Lipinski definition) is 3. The van der Waals surface area contributed by atoms with E-state index in [0.717, 1.165) is 29.2 Å². The summed E-state index contributed by atoms with van der Waals surface area (Å²) in [7, 11) is 2.08. The fourth-order valence-electron chi connectivity index (χ4n) is 1.86. The Bertz CT molecular complexity index is 497. The molecule has 0 amide bonds. The Morgan fingerprint density at radius 2 is 2.17 bits per heavy atom. The van der Waals surface area contributed by atoms with E-state index in [1.54, 1.807) is 11.3 Å². The molecule has 4 heteroatoms. The molecule has 18 heavy (non-hydrogen) atoms. The molecular formula is C14H17ClN2S. The fraction of sp³-hybridized carbons (Fsp3) is 0.286. The Kier molecular flexibility index (Phi) is 4.64. The van der Waals surface area contributed by atoms with Crippen LogP contribution < -0.4 is 10.6 Å². The van der Waals surface area contributed by atoms with Crippen LogP contribution in [0.2, 0.25) is 5.02 Å². The number of halogens is 1. The van der Waals surface area contributed by atoms with E-state index in [0.29, 0.717) is 6.54 Å². The summed E-state index contributed by atoms with van der Waals surface area (Å²) in [5.41, 5.74) is 7.80. The fourth-order valence-corrected chi connectivity index (χ4v) is 2.89. The lowest BCUT2D eigenvalue weighted by molar-refractivity contribution is 0.934. The molecule has 1 aromatic heterocycles. The minimum absolute atomic E-state index is 0.629. The van der Waals surface area contributed by atoms with Gasteiger partial charge in [-0.2, -0.15) is 0 Å². The summed E-state index contributed by atoms with van der Waals surface area (Å²) in [6, 6.07) is 10.4. The molecule has 0 bridgehead atoms. The van der Waals surface area contributed by atoms with E-state index < -0.39 is 0 Å². The summed E-state index contributed by atoms with van der Waals surface area (Å²) in [6.45, 7) is 1.54. The first-order valence-corrected chi connectivity index (χ1v) is 7.18. The lowest BCUT2D eigenvalue weighted by Crippen LogP contribution is -2.15. The molecule has 2 nitrogen and oxygen atoms in total. The monoisotopic (exact) mass is 280 g/mol. The summed E-state index contributed by atoms with van der Waals surface area (Å²) in [5.74, 6) is 0. The van der Waals surface area contributed by atoms with Gasteiger partial charge in [-0.1, -0.05) is 23.7 Å². The van der Waals surface area contributed by atoms with Crippen molar-refractivity contribution in [1.29, 1.82) is 0 Å². The van der Waals surface area contributed by atoms with E-state index in [2.05, 4.69) is 41.6 Å². The number of rotatable bonds is 5. The van der Waals surface area contributed by atoms with Gasteiger partial charge in [-0.25, -0.2) is 0 Å². The molecule has 0 aliphatic heterocycles.